The van der Waals surface area contributed by atoms with Crippen LogP contribution in [0.5, 0.6) is 0 Å². The molecule has 30 heavy (non-hydrogen) atoms. The molecule has 0 spiro atoms. The van der Waals surface area contributed by atoms with Gasteiger partial charge in [0, 0.05) is 13.0 Å². The van der Waals surface area contributed by atoms with E-state index in [0.29, 0.717) is 25.0 Å². The summed E-state index contributed by atoms with van der Waals surface area (Å²) in [7, 11) is 0. The Morgan fingerprint density at radius 1 is 1.13 bits per heavy atom. The molecule has 0 aromatic rings. The Hall–Kier alpha value is -2.34. The van der Waals surface area contributed by atoms with Gasteiger partial charge in [-0.2, -0.15) is 11.8 Å². The lowest BCUT2D eigenvalue weighted by Crippen LogP contribution is -2.57. The lowest BCUT2D eigenvalue weighted by atomic mass is 10.1. The van der Waals surface area contributed by atoms with Gasteiger partial charge >= 0.3 is 5.97 Å². The molecule has 1 aliphatic rings. The summed E-state index contributed by atoms with van der Waals surface area (Å²) in [5, 5.41) is 14.5. The van der Waals surface area contributed by atoms with E-state index in [-0.39, 0.29) is 19.4 Å². The van der Waals surface area contributed by atoms with E-state index in [2.05, 4.69) is 10.6 Å². The highest BCUT2D eigenvalue weighted by Crippen LogP contribution is 2.19. The first kappa shape index (κ1) is 25.7. The van der Waals surface area contributed by atoms with Gasteiger partial charge in [0.15, 0.2) is 0 Å². The summed E-state index contributed by atoms with van der Waals surface area (Å²) in [6.45, 7) is 1.73. The fourth-order valence-corrected chi connectivity index (χ4v) is 3.58. The van der Waals surface area contributed by atoms with E-state index < -0.39 is 53.8 Å². The Kier molecular flexibility index (Phi) is 10.6. The number of likely N-dealkylation sites (tertiary alicyclic amines) is 1. The van der Waals surface area contributed by atoms with E-state index in [0.717, 1.165) is 0 Å². The minimum atomic E-state index is -1.13. The van der Waals surface area contributed by atoms with Crippen molar-refractivity contribution in [3.05, 3.63) is 0 Å². The molecule has 11 nitrogen and oxygen atoms in total. The molecule has 12 heteroatoms. The molecule has 0 saturated carbocycles. The maximum Gasteiger partial charge on any atom is 0.326 e. The second-order valence-corrected chi connectivity index (χ2v) is 8.21. The summed E-state index contributed by atoms with van der Waals surface area (Å²) in [6.07, 6.45) is 2.77. The van der Waals surface area contributed by atoms with Crippen molar-refractivity contribution in [2.75, 3.05) is 18.6 Å². The van der Waals surface area contributed by atoms with Crippen LogP contribution >= 0.6 is 11.8 Å². The summed E-state index contributed by atoms with van der Waals surface area (Å²) in [5.74, 6) is -2.90. The molecule has 1 fully saturated rings. The van der Waals surface area contributed by atoms with Crippen LogP contribution in [0.2, 0.25) is 0 Å². The van der Waals surface area contributed by atoms with Gasteiger partial charge in [0.2, 0.25) is 23.6 Å². The molecule has 1 saturated heterocycles. The number of carbonyl (C=O) groups excluding carboxylic acids is 4. The smallest absolute Gasteiger partial charge is 0.326 e. The zero-order chi connectivity index (χ0) is 22.8. The third-order valence-electron chi connectivity index (χ3n) is 4.77. The number of nitrogens with zero attached hydrogens (tertiary/aromatic N) is 1. The van der Waals surface area contributed by atoms with Gasteiger partial charge in [0.1, 0.15) is 18.1 Å². The van der Waals surface area contributed by atoms with Crippen LogP contribution in [-0.4, -0.2) is 82.3 Å². The Labute approximate surface area is 179 Å². The van der Waals surface area contributed by atoms with E-state index in [1.54, 1.807) is 0 Å². The molecule has 4 amide bonds. The van der Waals surface area contributed by atoms with E-state index >= 15 is 0 Å². The second-order valence-electron chi connectivity index (χ2n) is 7.23. The van der Waals surface area contributed by atoms with Gasteiger partial charge in [0.05, 0.1) is 6.04 Å². The zero-order valence-corrected chi connectivity index (χ0v) is 18.1. The first-order chi connectivity index (χ1) is 14.1. The van der Waals surface area contributed by atoms with Crippen LogP contribution in [0.4, 0.5) is 0 Å². The fourth-order valence-electron chi connectivity index (χ4n) is 3.11. The monoisotopic (exact) mass is 445 g/mol. The van der Waals surface area contributed by atoms with Crippen molar-refractivity contribution in [3.63, 3.8) is 0 Å². The van der Waals surface area contributed by atoms with Crippen LogP contribution in [0, 0.1) is 0 Å². The van der Waals surface area contributed by atoms with Crippen LogP contribution in [0.3, 0.4) is 0 Å². The minimum Gasteiger partial charge on any atom is -0.480 e. The number of thioether (sulfide) groups is 1. The van der Waals surface area contributed by atoms with Gasteiger partial charge in [-0.05, 0) is 44.6 Å². The van der Waals surface area contributed by atoms with Crippen LogP contribution in [0.1, 0.15) is 39.0 Å². The van der Waals surface area contributed by atoms with Gasteiger partial charge in [-0.1, -0.05) is 0 Å². The average Bonchev–Trinajstić information content (AvgIpc) is 3.17. The number of aliphatic carboxylic acids is 1. The van der Waals surface area contributed by atoms with Crippen molar-refractivity contribution in [3.8, 4) is 0 Å². The van der Waals surface area contributed by atoms with E-state index in [4.69, 9.17) is 11.5 Å². The van der Waals surface area contributed by atoms with Gasteiger partial charge in [-0.25, -0.2) is 4.79 Å². The number of nitrogens with two attached hydrogens (primary N) is 2. The number of carbonyl (C=O) groups is 5. The molecule has 7 N–H and O–H groups in total. The Morgan fingerprint density at radius 2 is 1.77 bits per heavy atom. The summed E-state index contributed by atoms with van der Waals surface area (Å²) in [6, 6.07) is -3.85. The number of primary amides is 1. The predicted octanol–water partition coefficient (Wildman–Crippen LogP) is -1.60. The van der Waals surface area contributed by atoms with E-state index in [1.165, 1.54) is 23.6 Å². The Balaban J connectivity index is 2.98. The normalized spacial score (nSPS) is 18.9. The topological polar surface area (TPSA) is 185 Å². The molecule has 1 rings (SSSR count). The number of rotatable bonds is 12. The first-order valence-electron chi connectivity index (χ1n) is 9.75. The highest BCUT2D eigenvalue weighted by atomic mass is 32.2. The van der Waals surface area contributed by atoms with Gasteiger partial charge < -0.3 is 32.1 Å². The Bertz CT molecular complexity index is 659. The van der Waals surface area contributed by atoms with Crippen molar-refractivity contribution in [1.82, 2.24) is 15.5 Å². The summed E-state index contributed by atoms with van der Waals surface area (Å²) >= 11 is 1.48. The van der Waals surface area contributed by atoms with Gasteiger partial charge in [-0.3, -0.25) is 19.2 Å². The summed E-state index contributed by atoms with van der Waals surface area (Å²) in [5.41, 5.74) is 10.7. The van der Waals surface area contributed by atoms with Crippen molar-refractivity contribution < 1.29 is 29.1 Å². The molecule has 4 unspecified atom stereocenters. The molecule has 0 aromatic carbocycles. The average molecular weight is 446 g/mol. The standard InChI is InChI=1S/C18H31N5O6S/c1-10(19)15(25)21-11(7-9-30-2)16(26)22-12(5-6-14(20)24)17(27)23-8-3-4-13(23)18(28)29/h10-13H,3-9,19H2,1-2H3,(H2,20,24)(H,21,25)(H,22,26)(H,28,29). The highest BCUT2D eigenvalue weighted by Gasteiger charge is 2.38. The van der Waals surface area contributed by atoms with Crippen LogP contribution < -0.4 is 22.1 Å². The minimum absolute atomic E-state index is 0.0702. The first-order valence-corrected chi connectivity index (χ1v) is 11.1. The maximum atomic E-state index is 13.0. The number of carboxylic acid groups (broad SMARTS) is 1. The number of carboxylic acids is 1. The number of nitrogens with one attached hydrogen (secondary N) is 2. The molecule has 0 aromatic heterocycles. The third-order valence-corrected chi connectivity index (χ3v) is 5.42. The van der Waals surface area contributed by atoms with Crippen LogP contribution in [-0.2, 0) is 24.0 Å². The van der Waals surface area contributed by atoms with E-state index in [9.17, 15) is 29.1 Å². The number of hydrogen-bond acceptors (Lipinski definition) is 7. The van der Waals surface area contributed by atoms with Gasteiger partial charge in [0.25, 0.3) is 0 Å². The zero-order valence-electron chi connectivity index (χ0n) is 17.3. The highest BCUT2D eigenvalue weighted by molar-refractivity contribution is 7.98. The molecule has 4 atom stereocenters. The predicted molar refractivity (Wildman–Crippen MR) is 111 cm³/mol. The number of amides is 4. The van der Waals surface area contributed by atoms with Crippen molar-refractivity contribution in [2.45, 2.75) is 63.2 Å². The fraction of sp³-hybridized carbons (Fsp3) is 0.722. The maximum absolute atomic E-state index is 13.0. The van der Waals surface area contributed by atoms with Crippen LogP contribution in [0.25, 0.3) is 0 Å². The molecule has 1 heterocycles. The quantitative estimate of drug-likeness (QED) is 0.238. The van der Waals surface area contributed by atoms with Crippen molar-refractivity contribution in [1.29, 1.82) is 0 Å². The van der Waals surface area contributed by atoms with Crippen LogP contribution in [0.15, 0.2) is 0 Å². The van der Waals surface area contributed by atoms with Crippen molar-refractivity contribution >= 4 is 41.4 Å². The molecule has 0 bridgehead atoms. The largest absolute Gasteiger partial charge is 0.480 e. The lowest BCUT2D eigenvalue weighted by molar-refractivity contribution is -0.149. The molecular weight excluding hydrogens is 414 g/mol. The Morgan fingerprint density at radius 3 is 2.30 bits per heavy atom. The second kappa shape index (κ2) is 12.4. The van der Waals surface area contributed by atoms with E-state index in [1.807, 2.05) is 6.26 Å². The van der Waals surface area contributed by atoms with Crippen molar-refractivity contribution in [2.24, 2.45) is 11.5 Å². The molecular formula is C18H31N5O6S. The van der Waals surface area contributed by atoms with Gasteiger partial charge in [-0.15, -0.1) is 0 Å². The molecule has 1 aliphatic heterocycles. The summed E-state index contributed by atoms with van der Waals surface area (Å²) < 4.78 is 0. The third kappa shape index (κ3) is 7.82. The lowest BCUT2D eigenvalue weighted by Gasteiger charge is -2.28. The summed E-state index contributed by atoms with van der Waals surface area (Å²) in [4.78, 5) is 61.6. The molecule has 0 radical (unpaired) electrons. The molecule has 0 aliphatic carbocycles. The molecule has 170 valence electrons. The number of hydrogen-bond donors (Lipinski definition) is 5. The SMILES string of the molecule is CSCCC(NC(=O)C(C)N)C(=O)NC(CCC(N)=O)C(=O)N1CCCC1C(=O)O.